The monoisotopic (exact) mass is 357 g/mol. The molecule has 1 amide bonds. The predicted molar refractivity (Wildman–Crippen MR) is 95.3 cm³/mol. The number of amides is 1. The minimum absolute atomic E-state index is 0.0685. The molecule has 26 heavy (non-hydrogen) atoms. The number of nitrogens with zero attached hydrogens (tertiary/aromatic N) is 2. The Hall–Kier alpha value is -2.67. The van der Waals surface area contributed by atoms with Crippen molar-refractivity contribution in [3.8, 4) is 11.5 Å². The Morgan fingerprint density at radius 2 is 2.08 bits per heavy atom. The van der Waals surface area contributed by atoms with Crippen LogP contribution < -0.4 is 15.0 Å². The molecule has 0 spiro atoms. The SMILES string of the molecule is CN1C(=O)c2cccc(F)c2Oc2cc(N[C@H]3CC[C@H](O)CC3)ncc21. The first-order valence-electron chi connectivity index (χ1n) is 8.72. The van der Waals surface area contributed by atoms with Crippen LogP contribution in [0.5, 0.6) is 11.5 Å². The Labute approximate surface area is 150 Å². The normalized spacial score (nSPS) is 22.1. The summed E-state index contributed by atoms with van der Waals surface area (Å²) in [6, 6.07) is 6.21. The lowest BCUT2D eigenvalue weighted by molar-refractivity contribution is 0.0992. The zero-order valence-electron chi connectivity index (χ0n) is 14.4. The first-order valence-corrected chi connectivity index (χ1v) is 8.72. The van der Waals surface area contributed by atoms with Gasteiger partial charge >= 0.3 is 0 Å². The van der Waals surface area contributed by atoms with Gasteiger partial charge in [-0.05, 0) is 37.8 Å². The standard InChI is InChI=1S/C19H20FN3O3/c1-23-15-10-21-17(22-11-5-7-12(24)8-6-11)9-16(15)26-18-13(19(23)25)3-2-4-14(18)20/h2-4,9-12,24H,5-8H2,1H3,(H,21,22)/t11-,12-. The predicted octanol–water partition coefficient (Wildman–Crippen LogP) is 3.32. The number of hydrogen-bond acceptors (Lipinski definition) is 5. The quantitative estimate of drug-likeness (QED) is 0.862. The topological polar surface area (TPSA) is 74.7 Å². The number of halogens is 1. The third-order valence-corrected chi connectivity index (χ3v) is 4.97. The van der Waals surface area contributed by atoms with E-state index >= 15 is 0 Å². The first-order chi connectivity index (χ1) is 12.5. The molecule has 0 unspecified atom stereocenters. The highest BCUT2D eigenvalue weighted by molar-refractivity contribution is 6.09. The molecule has 7 heteroatoms. The Bertz CT molecular complexity index is 850. The number of pyridine rings is 1. The molecule has 1 saturated carbocycles. The van der Waals surface area contributed by atoms with Crippen LogP contribution in [0.3, 0.4) is 0 Å². The van der Waals surface area contributed by atoms with Crippen molar-refractivity contribution in [3.05, 3.63) is 41.8 Å². The highest BCUT2D eigenvalue weighted by Gasteiger charge is 2.28. The highest BCUT2D eigenvalue weighted by atomic mass is 19.1. The second-order valence-electron chi connectivity index (χ2n) is 6.77. The zero-order valence-corrected chi connectivity index (χ0v) is 14.4. The molecule has 1 aliphatic heterocycles. The van der Waals surface area contributed by atoms with E-state index in [1.165, 1.54) is 17.0 Å². The van der Waals surface area contributed by atoms with E-state index in [4.69, 9.17) is 4.74 Å². The summed E-state index contributed by atoms with van der Waals surface area (Å²) in [6.45, 7) is 0. The summed E-state index contributed by atoms with van der Waals surface area (Å²) < 4.78 is 20.0. The van der Waals surface area contributed by atoms with Crippen LogP contribution in [-0.2, 0) is 0 Å². The molecule has 136 valence electrons. The molecule has 2 heterocycles. The molecule has 1 aliphatic carbocycles. The number of aliphatic hydroxyl groups is 1. The van der Waals surface area contributed by atoms with Crippen molar-refractivity contribution in [2.24, 2.45) is 0 Å². The van der Waals surface area contributed by atoms with E-state index in [9.17, 15) is 14.3 Å². The van der Waals surface area contributed by atoms with E-state index in [0.29, 0.717) is 17.3 Å². The molecule has 0 bridgehead atoms. The van der Waals surface area contributed by atoms with Crippen molar-refractivity contribution in [2.75, 3.05) is 17.3 Å². The Kier molecular flexibility index (Phi) is 4.24. The number of hydrogen-bond donors (Lipinski definition) is 2. The number of carbonyl (C=O) groups excluding carboxylic acids is 1. The van der Waals surface area contributed by atoms with Crippen molar-refractivity contribution in [2.45, 2.75) is 37.8 Å². The number of para-hydroxylation sites is 1. The van der Waals surface area contributed by atoms with Crippen LogP contribution >= 0.6 is 0 Å². The summed E-state index contributed by atoms with van der Waals surface area (Å²) in [7, 11) is 1.61. The molecule has 2 N–H and O–H groups in total. The highest BCUT2D eigenvalue weighted by Crippen LogP contribution is 2.40. The van der Waals surface area contributed by atoms with Gasteiger partial charge in [-0.1, -0.05) is 6.07 Å². The molecule has 4 rings (SSSR count). The fraction of sp³-hybridized carbons (Fsp3) is 0.368. The van der Waals surface area contributed by atoms with Crippen molar-refractivity contribution >= 4 is 17.4 Å². The third-order valence-electron chi connectivity index (χ3n) is 4.97. The van der Waals surface area contributed by atoms with Gasteiger partial charge in [0.1, 0.15) is 11.5 Å². The van der Waals surface area contributed by atoms with Crippen LogP contribution in [0.4, 0.5) is 15.9 Å². The van der Waals surface area contributed by atoms with Gasteiger partial charge in [0.15, 0.2) is 17.3 Å². The van der Waals surface area contributed by atoms with Crippen LogP contribution in [0.2, 0.25) is 0 Å². The molecule has 2 aliphatic rings. The van der Waals surface area contributed by atoms with E-state index in [-0.39, 0.29) is 29.4 Å². The van der Waals surface area contributed by atoms with Gasteiger partial charge in [-0.2, -0.15) is 0 Å². The van der Waals surface area contributed by atoms with Crippen molar-refractivity contribution < 1.29 is 19.0 Å². The van der Waals surface area contributed by atoms with Gasteiger partial charge in [0.25, 0.3) is 5.91 Å². The molecular formula is C19H20FN3O3. The number of ether oxygens (including phenoxy) is 1. The molecule has 0 saturated heterocycles. The summed E-state index contributed by atoms with van der Waals surface area (Å²) in [5.74, 6) is -0.0171. The second kappa shape index (κ2) is 6.57. The molecule has 1 aromatic carbocycles. The van der Waals surface area contributed by atoms with Gasteiger partial charge in [0, 0.05) is 19.2 Å². The minimum atomic E-state index is -0.579. The van der Waals surface area contributed by atoms with Gasteiger partial charge in [0.2, 0.25) is 0 Å². The summed E-state index contributed by atoms with van der Waals surface area (Å²) in [4.78, 5) is 18.4. The number of carbonyl (C=O) groups is 1. The number of anilines is 2. The van der Waals surface area contributed by atoms with E-state index < -0.39 is 5.82 Å². The number of aliphatic hydroxyl groups excluding tert-OH is 1. The minimum Gasteiger partial charge on any atom is -0.451 e. The van der Waals surface area contributed by atoms with Gasteiger partial charge < -0.3 is 20.1 Å². The lowest BCUT2D eigenvalue weighted by atomic mass is 9.93. The van der Waals surface area contributed by atoms with Gasteiger partial charge in [-0.15, -0.1) is 0 Å². The molecular weight excluding hydrogens is 337 g/mol. The van der Waals surface area contributed by atoms with Gasteiger partial charge in [0.05, 0.1) is 17.9 Å². The third kappa shape index (κ3) is 2.99. The number of rotatable bonds is 2. The molecule has 0 radical (unpaired) electrons. The molecule has 0 atom stereocenters. The number of benzene rings is 1. The number of nitrogens with one attached hydrogen (secondary N) is 1. The first kappa shape index (κ1) is 16.8. The Balaban J connectivity index is 1.65. The fourth-order valence-corrected chi connectivity index (χ4v) is 3.45. The second-order valence-corrected chi connectivity index (χ2v) is 6.77. The maximum atomic E-state index is 14.2. The van der Waals surface area contributed by atoms with E-state index in [1.54, 1.807) is 25.4 Å². The van der Waals surface area contributed by atoms with Crippen LogP contribution in [-0.4, -0.2) is 35.2 Å². The number of aromatic nitrogens is 1. The summed E-state index contributed by atoms with van der Waals surface area (Å²) in [5, 5.41) is 13.0. The summed E-state index contributed by atoms with van der Waals surface area (Å²) >= 11 is 0. The molecule has 1 aromatic heterocycles. The maximum Gasteiger partial charge on any atom is 0.262 e. The maximum absolute atomic E-state index is 14.2. The van der Waals surface area contributed by atoms with Crippen molar-refractivity contribution in [1.82, 2.24) is 4.98 Å². The van der Waals surface area contributed by atoms with Crippen molar-refractivity contribution in [3.63, 3.8) is 0 Å². The average Bonchev–Trinajstić information content (AvgIpc) is 2.74. The van der Waals surface area contributed by atoms with Gasteiger partial charge in [-0.3, -0.25) is 4.79 Å². The van der Waals surface area contributed by atoms with Gasteiger partial charge in [-0.25, -0.2) is 9.37 Å². The van der Waals surface area contributed by atoms with Crippen LogP contribution in [0.15, 0.2) is 30.5 Å². The van der Waals surface area contributed by atoms with Crippen molar-refractivity contribution in [1.29, 1.82) is 0 Å². The molecule has 1 fully saturated rings. The zero-order chi connectivity index (χ0) is 18.3. The van der Waals surface area contributed by atoms with E-state index in [0.717, 1.165) is 25.7 Å². The Morgan fingerprint density at radius 3 is 2.85 bits per heavy atom. The molecule has 2 aromatic rings. The Morgan fingerprint density at radius 1 is 1.31 bits per heavy atom. The van der Waals surface area contributed by atoms with E-state index in [2.05, 4.69) is 10.3 Å². The van der Waals surface area contributed by atoms with Crippen LogP contribution in [0, 0.1) is 5.82 Å². The summed E-state index contributed by atoms with van der Waals surface area (Å²) in [6.07, 6.45) is 4.56. The largest absolute Gasteiger partial charge is 0.451 e. The lowest BCUT2D eigenvalue weighted by Crippen LogP contribution is -2.28. The lowest BCUT2D eigenvalue weighted by Gasteiger charge is -2.27. The number of fused-ring (bicyclic) bond motifs is 2. The summed E-state index contributed by atoms with van der Waals surface area (Å²) in [5.41, 5.74) is 0.662. The van der Waals surface area contributed by atoms with Crippen LogP contribution in [0.1, 0.15) is 36.0 Å². The smallest absolute Gasteiger partial charge is 0.262 e. The van der Waals surface area contributed by atoms with E-state index in [1.807, 2.05) is 0 Å². The van der Waals surface area contributed by atoms with Crippen LogP contribution in [0.25, 0.3) is 0 Å². The fourth-order valence-electron chi connectivity index (χ4n) is 3.45. The average molecular weight is 357 g/mol. The molecule has 6 nitrogen and oxygen atoms in total.